The fourth-order valence-corrected chi connectivity index (χ4v) is 3.11. The lowest BCUT2D eigenvalue weighted by Crippen LogP contribution is -2.21. The first-order valence-electron chi connectivity index (χ1n) is 7.49. The molecule has 0 aliphatic carbocycles. The molecule has 1 N–H and O–H groups in total. The van der Waals surface area contributed by atoms with Crippen LogP contribution in [0.2, 0.25) is 0 Å². The van der Waals surface area contributed by atoms with Crippen LogP contribution in [0.4, 0.5) is 0 Å². The molecule has 0 aromatic heterocycles. The van der Waals surface area contributed by atoms with E-state index in [1.807, 2.05) is 11.8 Å². The molecule has 0 saturated heterocycles. The summed E-state index contributed by atoms with van der Waals surface area (Å²) >= 11 is 2.00. The molecule has 1 rings (SSSR count). The summed E-state index contributed by atoms with van der Waals surface area (Å²) < 4.78 is 5.47. The minimum Gasteiger partial charge on any atom is -0.496 e. The van der Waals surface area contributed by atoms with E-state index in [0.29, 0.717) is 6.04 Å². The molecule has 1 aromatic rings. The molecule has 0 aliphatic heterocycles. The lowest BCUT2D eigenvalue weighted by molar-refractivity contribution is 0.411. The van der Waals surface area contributed by atoms with Gasteiger partial charge in [-0.3, -0.25) is 0 Å². The molecular weight excluding hydrogens is 266 g/mol. The number of ether oxygens (including phenoxy) is 1. The van der Waals surface area contributed by atoms with E-state index in [4.69, 9.17) is 4.74 Å². The molecule has 114 valence electrons. The van der Waals surface area contributed by atoms with E-state index in [9.17, 15) is 0 Å². The maximum atomic E-state index is 5.47. The predicted molar refractivity (Wildman–Crippen MR) is 90.6 cm³/mol. The Morgan fingerprint density at radius 1 is 1.20 bits per heavy atom. The van der Waals surface area contributed by atoms with Crippen LogP contribution in [-0.2, 0) is 12.3 Å². The number of thioether (sulfide) groups is 1. The highest BCUT2D eigenvalue weighted by atomic mass is 32.2. The van der Waals surface area contributed by atoms with Crippen LogP contribution >= 0.6 is 11.8 Å². The van der Waals surface area contributed by atoms with E-state index in [0.717, 1.165) is 24.0 Å². The normalized spacial score (nSPS) is 11.3. The highest BCUT2D eigenvalue weighted by molar-refractivity contribution is 7.98. The third-order valence-electron chi connectivity index (χ3n) is 3.16. The Labute approximate surface area is 128 Å². The summed E-state index contributed by atoms with van der Waals surface area (Å²) in [5.41, 5.74) is 2.64. The summed E-state index contributed by atoms with van der Waals surface area (Å²) in [5.74, 6) is 4.04. The maximum absolute atomic E-state index is 5.47. The molecule has 0 fully saturated rings. The largest absolute Gasteiger partial charge is 0.496 e. The van der Waals surface area contributed by atoms with Crippen LogP contribution in [0.15, 0.2) is 18.2 Å². The van der Waals surface area contributed by atoms with Crippen LogP contribution in [-0.4, -0.2) is 18.9 Å². The van der Waals surface area contributed by atoms with E-state index in [2.05, 4.69) is 51.2 Å². The molecule has 0 heterocycles. The van der Waals surface area contributed by atoms with Gasteiger partial charge in [0.25, 0.3) is 0 Å². The second-order valence-electron chi connectivity index (χ2n) is 5.92. The van der Waals surface area contributed by atoms with Crippen LogP contribution in [0.3, 0.4) is 0 Å². The first kappa shape index (κ1) is 17.4. The zero-order chi connectivity index (χ0) is 15.0. The Bertz CT molecular complexity index is 391. The topological polar surface area (TPSA) is 21.3 Å². The maximum Gasteiger partial charge on any atom is 0.122 e. The molecule has 0 spiro atoms. The van der Waals surface area contributed by atoms with Crippen molar-refractivity contribution in [3.8, 4) is 5.75 Å². The standard InChI is InChI=1S/C17H29NOS/c1-13(2)8-9-20-12-16-10-15(11-18-14(3)4)6-7-17(16)19-5/h6-7,10,13-14,18H,8-9,11-12H2,1-5H3. The van der Waals surface area contributed by atoms with Crippen molar-refractivity contribution in [3.63, 3.8) is 0 Å². The van der Waals surface area contributed by atoms with Crippen molar-refractivity contribution in [1.29, 1.82) is 0 Å². The first-order valence-corrected chi connectivity index (χ1v) is 8.65. The fraction of sp³-hybridized carbons (Fsp3) is 0.647. The molecule has 0 radical (unpaired) electrons. The molecule has 0 amide bonds. The zero-order valence-electron chi connectivity index (χ0n) is 13.5. The molecule has 3 heteroatoms. The van der Waals surface area contributed by atoms with E-state index in [1.165, 1.54) is 23.3 Å². The third kappa shape index (κ3) is 6.67. The quantitative estimate of drug-likeness (QED) is 0.679. The SMILES string of the molecule is COc1ccc(CNC(C)C)cc1CSCCC(C)C. The van der Waals surface area contributed by atoms with Gasteiger partial charge < -0.3 is 10.1 Å². The zero-order valence-corrected chi connectivity index (χ0v) is 14.3. The van der Waals surface area contributed by atoms with Gasteiger partial charge >= 0.3 is 0 Å². The van der Waals surface area contributed by atoms with Gasteiger partial charge in [0.2, 0.25) is 0 Å². The molecule has 2 nitrogen and oxygen atoms in total. The van der Waals surface area contributed by atoms with Gasteiger partial charge in [0.15, 0.2) is 0 Å². The van der Waals surface area contributed by atoms with Crippen molar-refractivity contribution in [2.75, 3.05) is 12.9 Å². The number of nitrogens with one attached hydrogen (secondary N) is 1. The third-order valence-corrected chi connectivity index (χ3v) is 4.20. The molecule has 0 saturated carbocycles. The molecule has 0 bridgehead atoms. The van der Waals surface area contributed by atoms with Gasteiger partial charge in [-0.05, 0) is 35.8 Å². The van der Waals surface area contributed by atoms with Gasteiger partial charge in [-0.2, -0.15) is 11.8 Å². The van der Waals surface area contributed by atoms with Crippen LogP contribution in [0.1, 0.15) is 45.2 Å². The number of hydrogen-bond donors (Lipinski definition) is 1. The first-order chi connectivity index (χ1) is 9.52. The monoisotopic (exact) mass is 295 g/mol. The Morgan fingerprint density at radius 2 is 1.95 bits per heavy atom. The molecular formula is C17H29NOS. The Kier molecular flexibility index (Phi) is 8.08. The summed E-state index contributed by atoms with van der Waals surface area (Å²) in [4.78, 5) is 0. The summed E-state index contributed by atoms with van der Waals surface area (Å²) in [6.45, 7) is 9.82. The van der Waals surface area contributed by atoms with Gasteiger partial charge in [0.1, 0.15) is 5.75 Å². The summed E-state index contributed by atoms with van der Waals surface area (Å²) in [5, 5.41) is 3.46. The van der Waals surface area contributed by atoms with E-state index >= 15 is 0 Å². The van der Waals surface area contributed by atoms with Crippen molar-refractivity contribution in [1.82, 2.24) is 5.32 Å². The summed E-state index contributed by atoms with van der Waals surface area (Å²) in [7, 11) is 1.75. The Morgan fingerprint density at radius 3 is 2.55 bits per heavy atom. The van der Waals surface area contributed by atoms with Crippen molar-refractivity contribution >= 4 is 11.8 Å². The number of hydrogen-bond acceptors (Lipinski definition) is 3. The van der Waals surface area contributed by atoms with E-state index < -0.39 is 0 Å². The van der Waals surface area contributed by atoms with Gasteiger partial charge in [0, 0.05) is 23.9 Å². The molecule has 20 heavy (non-hydrogen) atoms. The van der Waals surface area contributed by atoms with Crippen molar-refractivity contribution in [3.05, 3.63) is 29.3 Å². The Balaban J connectivity index is 2.58. The van der Waals surface area contributed by atoms with Crippen molar-refractivity contribution in [2.24, 2.45) is 5.92 Å². The predicted octanol–water partition coefficient (Wildman–Crippen LogP) is 4.47. The highest BCUT2D eigenvalue weighted by Gasteiger charge is 2.06. The van der Waals surface area contributed by atoms with E-state index in [-0.39, 0.29) is 0 Å². The van der Waals surface area contributed by atoms with Gasteiger partial charge in [-0.15, -0.1) is 0 Å². The lowest BCUT2D eigenvalue weighted by Gasteiger charge is -2.13. The van der Waals surface area contributed by atoms with Gasteiger partial charge in [0.05, 0.1) is 7.11 Å². The number of methoxy groups -OCH3 is 1. The second kappa shape index (κ2) is 9.30. The molecule has 1 aromatic carbocycles. The molecule has 0 atom stereocenters. The van der Waals surface area contributed by atoms with Crippen LogP contribution in [0, 0.1) is 5.92 Å². The summed E-state index contributed by atoms with van der Waals surface area (Å²) in [6, 6.07) is 7.03. The van der Waals surface area contributed by atoms with Crippen molar-refractivity contribution < 1.29 is 4.74 Å². The smallest absolute Gasteiger partial charge is 0.122 e. The highest BCUT2D eigenvalue weighted by Crippen LogP contribution is 2.25. The van der Waals surface area contributed by atoms with Crippen molar-refractivity contribution in [2.45, 2.75) is 52.5 Å². The molecule has 0 aliphatic rings. The molecule has 0 unspecified atom stereocenters. The Hall–Kier alpha value is -0.670. The minimum absolute atomic E-state index is 0.515. The fourth-order valence-electron chi connectivity index (χ4n) is 1.88. The minimum atomic E-state index is 0.515. The van der Waals surface area contributed by atoms with Gasteiger partial charge in [-0.25, -0.2) is 0 Å². The number of rotatable bonds is 9. The van der Waals surface area contributed by atoms with Crippen LogP contribution in [0.25, 0.3) is 0 Å². The van der Waals surface area contributed by atoms with Gasteiger partial charge in [-0.1, -0.05) is 33.8 Å². The number of benzene rings is 1. The lowest BCUT2D eigenvalue weighted by atomic mass is 10.1. The summed E-state index contributed by atoms with van der Waals surface area (Å²) in [6.07, 6.45) is 1.28. The van der Waals surface area contributed by atoms with E-state index in [1.54, 1.807) is 7.11 Å². The van der Waals surface area contributed by atoms with Crippen LogP contribution in [0.5, 0.6) is 5.75 Å². The average Bonchev–Trinajstić information content (AvgIpc) is 2.41. The van der Waals surface area contributed by atoms with Crippen LogP contribution < -0.4 is 10.1 Å². The average molecular weight is 295 g/mol. The second-order valence-corrected chi connectivity index (χ2v) is 7.02.